The maximum absolute atomic E-state index is 13.2. The standard InChI is InChI=1S/C16H18FN.C5H5N5/c1-2-12-9-13-6-7-14(17)10-16(13)18-15(12)8-5-11-3-4-11;6-4-3-5(9-1-7-3)10-2-8-4/h6-7,9-11H,2-5,8H2,1H3;1-2H,(H3,6,7,8,9,10). The number of fused-ring (bicyclic) bond motifs is 2. The third-order valence-corrected chi connectivity index (χ3v) is 5.07. The Bertz CT molecular complexity index is 1100. The highest BCUT2D eigenvalue weighted by molar-refractivity contribution is 5.80. The minimum Gasteiger partial charge on any atom is -0.382 e. The van der Waals surface area contributed by atoms with E-state index in [2.05, 4.69) is 37.9 Å². The van der Waals surface area contributed by atoms with Crippen molar-refractivity contribution in [3.8, 4) is 0 Å². The van der Waals surface area contributed by atoms with Gasteiger partial charge in [0.05, 0.1) is 11.8 Å². The molecule has 6 nitrogen and oxygen atoms in total. The second-order valence-corrected chi connectivity index (χ2v) is 7.13. The van der Waals surface area contributed by atoms with E-state index in [4.69, 9.17) is 5.73 Å². The average Bonchev–Trinajstić information content (AvgIpc) is 3.40. The molecule has 0 radical (unpaired) electrons. The number of nitrogens with one attached hydrogen (secondary N) is 1. The molecule has 3 heterocycles. The number of H-pyrrole nitrogens is 1. The number of nitrogens with zero attached hydrogens (tertiary/aromatic N) is 4. The van der Waals surface area contributed by atoms with Gasteiger partial charge in [0.1, 0.15) is 17.7 Å². The van der Waals surface area contributed by atoms with Gasteiger partial charge in [-0.25, -0.2) is 19.3 Å². The first-order valence-electron chi connectivity index (χ1n) is 9.61. The number of hydrogen-bond donors (Lipinski definition) is 2. The zero-order valence-electron chi connectivity index (χ0n) is 15.8. The normalized spacial score (nSPS) is 13.5. The number of rotatable bonds is 4. The molecule has 0 unspecified atom stereocenters. The van der Waals surface area contributed by atoms with Crippen molar-refractivity contribution in [1.29, 1.82) is 0 Å². The Kier molecular flexibility index (Phi) is 5.14. The van der Waals surface area contributed by atoms with Gasteiger partial charge in [-0.15, -0.1) is 0 Å². The van der Waals surface area contributed by atoms with Crippen LogP contribution in [-0.4, -0.2) is 24.9 Å². The smallest absolute Gasteiger partial charge is 0.182 e. The second kappa shape index (κ2) is 7.88. The van der Waals surface area contributed by atoms with Gasteiger partial charge in [0, 0.05) is 17.1 Å². The topological polar surface area (TPSA) is 93.4 Å². The molecular weight excluding hydrogens is 355 g/mol. The second-order valence-electron chi connectivity index (χ2n) is 7.13. The summed E-state index contributed by atoms with van der Waals surface area (Å²) in [6.45, 7) is 2.16. The molecule has 5 rings (SSSR count). The van der Waals surface area contributed by atoms with Crippen LogP contribution in [0.25, 0.3) is 22.1 Å². The van der Waals surface area contributed by atoms with Crippen molar-refractivity contribution in [2.24, 2.45) is 5.92 Å². The minimum absolute atomic E-state index is 0.201. The Hall–Kier alpha value is -3.09. The minimum atomic E-state index is -0.201. The Morgan fingerprint density at radius 2 is 2.04 bits per heavy atom. The van der Waals surface area contributed by atoms with E-state index in [0.717, 1.165) is 29.7 Å². The number of imidazole rings is 1. The quantitative estimate of drug-likeness (QED) is 0.555. The van der Waals surface area contributed by atoms with Crippen LogP contribution in [0.5, 0.6) is 0 Å². The Morgan fingerprint density at radius 1 is 1.18 bits per heavy atom. The third-order valence-electron chi connectivity index (χ3n) is 5.07. The van der Waals surface area contributed by atoms with Crippen molar-refractivity contribution in [3.05, 3.63) is 54.0 Å². The summed E-state index contributed by atoms with van der Waals surface area (Å²) in [6, 6.07) is 7.04. The summed E-state index contributed by atoms with van der Waals surface area (Å²) in [5.41, 5.74) is 10.1. The summed E-state index contributed by atoms with van der Waals surface area (Å²) in [5.74, 6) is 1.15. The Labute approximate surface area is 162 Å². The fourth-order valence-electron chi connectivity index (χ4n) is 3.28. The molecule has 1 aliphatic carbocycles. The van der Waals surface area contributed by atoms with Crippen molar-refractivity contribution in [1.82, 2.24) is 24.9 Å². The zero-order chi connectivity index (χ0) is 19.5. The number of hydrogen-bond acceptors (Lipinski definition) is 5. The lowest BCUT2D eigenvalue weighted by atomic mass is 10.0. The summed E-state index contributed by atoms with van der Waals surface area (Å²) >= 11 is 0. The molecule has 4 aromatic rings. The molecule has 7 heteroatoms. The van der Waals surface area contributed by atoms with Crippen LogP contribution in [0.3, 0.4) is 0 Å². The fraction of sp³-hybridized carbons (Fsp3) is 0.333. The van der Waals surface area contributed by atoms with Crippen LogP contribution in [0.2, 0.25) is 0 Å². The van der Waals surface area contributed by atoms with E-state index < -0.39 is 0 Å². The summed E-state index contributed by atoms with van der Waals surface area (Å²) in [5, 5.41) is 1.04. The molecule has 0 spiro atoms. The van der Waals surface area contributed by atoms with Crippen molar-refractivity contribution in [2.75, 3.05) is 5.73 Å². The summed E-state index contributed by atoms with van der Waals surface area (Å²) in [7, 11) is 0. The van der Waals surface area contributed by atoms with Crippen LogP contribution >= 0.6 is 0 Å². The van der Waals surface area contributed by atoms with Crippen LogP contribution in [-0.2, 0) is 12.8 Å². The van der Waals surface area contributed by atoms with Gasteiger partial charge < -0.3 is 10.7 Å². The number of nitrogens with two attached hydrogens (primary N) is 1. The summed E-state index contributed by atoms with van der Waals surface area (Å²) in [4.78, 5) is 19.0. The van der Waals surface area contributed by atoms with E-state index in [1.807, 2.05) is 6.07 Å². The molecule has 0 atom stereocenters. The molecule has 3 aromatic heterocycles. The zero-order valence-corrected chi connectivity index (χ0v) is 15.8. The van der Waals surface area contributed by atoms with Crippen molar-refractivity contribution in [3.63, 3.8) is 0 Å². The predicted octanol–water partition coefficient (Wildman–Crippen LogP) is 4.21. The SMILES string of the molecule is CCc1cc2ccc(F)cc2nc1CCC1CC1.Nc1ncnc2nc[nH]c12. The van der Waals surface area contributed by atoms with E-state index in [1.54, 1.807) is 0 Å². The van der Waals surface area contributed by atoms with Gasteiger partial charge in [-0.05, 0) is 48.9 Å². The molecule has 28 heavy (non-hydrogen) atoms. The Morgan fingerprint density at radius 3 is 2.79 bits per heavy atom. The molecule has 1 saturated carbocycles. The van der Waals surface area contributed by atoms with Gasteiger partial charge in [-0.2, -0.15) is 0 Å². The van der Waals surface area contributed by atoms with E-state index >= 15 is 0 Å². The first-order valence-corrected chi connectivity index (χ1v) is 9.61. The Balaban J connectivity index is 0.000000162. The lowest BCUT2D eigenvalue weighted by Gasteiger charge is -2.09. The lowest BCUT2D eigenvalue weighted by molar-refractivity contribution is 0.629. The first kappa shape index (κ1) is 18.3. The molecule has 144 valence electrons. The number of aromatic nitrogens is 5. The van der Waals surface area contributed by atoms with Crippen molar-refractivity contribution in [2.45, 2.75) is 39.0 Å². The number of halogens is 1. The highest BCUT2D eigenvalue weighted by Crippen LogP contribution is 2.34. The molecule has 3 N–H and O–H groups in total. The molecule has 1 aliphatic rings. The monoisotopic (exact) mass is 378 g/mol. The highest BCUT2D eigenvalue weighted by atomic mass is 19.1. The van der Waals surface area contributed by atoms with Gasteiger partial charge in [-0.1, -0.05) is 19.8 Å². The molecular formula is C21H23FN6. The number of pyridine rings is 1. The number of benzene rings is 1. The van der Waals surface area contributed by atoms with Crippen molar-refractivity contribution >= 4 is 27.9 Å². The number of aryl methyl sites for hydroxylation is 2. The number of anilines is 1. The molecule has 0 saturated heterocycles. The van der Waals surface area contributed by atoms with Crippen LogP contribution < -0.4 is 5.73 Å². The van der Waals surface area contributed by atoms with Crippen molar-refractivity contribution < 1.29 is 4.39 Å². The molecule has 0 bridgehead atoms. The van der Waals surface area contributed by atoms with Gasteiger partial charge in [-0.3, -0.25) is 4.98 Å². The van der Waals surface area contributed by atoms with E-state index in [9.17, 15) is 4.39 Å². The van der Waals surface area contributed by atoms with Gasteiger partial charge in [0.25, 0.3) is 0 Å². The van der Waals surface area contributed by atoms with E-state index in [-0.39, 0.29) is 5.82 Å². The maximum Gasteiger partial charge on any atom is 0.182 e. The lowest BCUT2D eigenvalue weighted by Crippen LogP contribution is -1.99. The molecule has 0 aliphatic heterocycles. The summed E-state index contributed by atoms with van der Waals surface area (Å²) < 4.78 is 13.2. The average molecular weight is 378 g/mol. The van der Waals surface area contributed by atoms with Gasteiger partial charge in [0.2, 0.25) is 0 Å². The molecule has 0 amide bonds. The number of nitrogen functional groups attached to an aromatic ring is 1. The van der Waals surface area contributed by atoms with Crippen LogP contribution in [0, 0.1) is 11.7 Å². The third kappa shape index (κ3) is 4.08. The summed E-state index contributed by atoms with van der Waals surface area (Å²) in [6.07, 6.45) is 8.96. The van der Waals surface area contributed by atoms with Gasteiger partial charge in [0.15, 0.2) is 11.5 Å². The largest absolute Gasteiger partial charge is 0.382 e. The fourth-order valence-corrected chi connectivity index (χ4v) is 3.28. The van der Waals surface area contributed by atoms with Crippen LogP contribution in [0.1, 0.15) is 37.4 Å². The molecule has 1 aromatic carbocycles. The predicted molar refractivity (Wildman–Crippen MR) is 108 cm³/mol. The van der Waals surface area contributed by atoms with E-state index in [0.29, 0.717) is 17.0 Å². The van der Waals surface area contributed by atoms with Crippen LogP contribution in [0.15, 0.2) is 36.9 Å². The van der Waals surface area contributed by atoms with Crippen LogP contribution in [0.4, 0.5) is 10.2 Å². The first-order chi connectivity index (χ1) is 13.6. The number of aromatic amines is 1. The highest BCUT2D eigenvalue weighted by Gasteiger charge is 2.21. The van der Waals surface area contributed by atoms with Gasteiger partial charge >= 0.3 is 0 Å². The van der Waals surface area contributed by atoms with E-state index in [1.165, 1.54) is 55.3 Å². The molecule has 1 fully saturated rings. The maximum atomic E-state index is 13.2.